The number of hydrogen-bond acceptors (Lipinski definition) is 7. The molecule has 0 unspecified atom stereocenters. The van der Waals surface area contributed by atoms with Crippen molar-refractivity contribution in [2.24, 2.45) is 0 Å². The molecule has 0 bridgehead atoms. The molecule has 0 saturated carbocycles. The fourth-order valence-electron chi connectivity index (χ4n) is 2.34. The second-order valence-electron chi connectivity index (χ2n) is 5.94. The molecule has 0 radical (unpaired) electrons. The standard InChI is InChI=1S/C20H20N4O4S/c1-27-16-9-7-14(8-10-16)11-21-17(25)12-28-13-18-23-24-20(29-18)19(26)22-15-5-3-2-4-6-15/h2-10H,11-13H2,1H3,(H,21,25)(H,22,26). The summed E-state index contributed by atoms with van der Waals surface area (Å²) in [4.78, 5) is 24.0. The van der Waals surface area contributed by atoms with Crippen LogP contribution in [-0.4, -0.2) is 35.7 Å². The third-order valence-electron chi connectivity index (χ3n) is 3.80. The quantitative estimate of drug-likeness (QED) is 0.560. The molecule has 2 aromatic carbocycles. The number of carbonyl (C=O) groups excluding carboxylic acids is 2. The van der Waals surface area contributed by atoms with Crippen LogP contribution in [0.25, 0.3) is 0 Å². The third kappa shape index (κ3) is 6.37. The SMILES string of the molecule is COc1ccc(CNC(=O)COCc2nnc(C(=O)Nc3ccccc3)s2)cc1. The van der Waals surface area contributed by atoms with Gasteiger partial charge in [0.1, 0.15) is 24.0 Å². The van der Waals surface area contributed by atoms with E-state index < -0.39 is 0 Å². The molecule has 0 aliphatic rings. The van der Waals surface area contributed by atoms with Gasteiger partial charge in [-0.25, -0.2) is 0 Å². The van der Waals surface area contributed by atoms with Gasteiger partial charge in [0.15, 0.2) is 0 Å². The number of carbonyl (C=O) groups is 2. The van der Waals surface area contributed by atoms with E-state index in [1.165, 1.54) is 0 Å². The largest absolute Gasteiger partial charge is 0.497 e. The van der Waals surface area contributed by atoms with Crippen molar-refractivity contribution in [1.29, 1.82) is 0 Å². The highest BCUT2D eigenvalue weighted by atomic mass is 32.1. The van der Waals surface area contributed by atoms with Gasteiger partial charge >= 0.3 is 0 Å². The topological polar surface area (TPSA) is 102 Å². The summed E-state index contributed by atoms with van der Waals surface area (Å²) in [5, 5.41) is 14.1. The maximum Gasteiger partial charge on any atom is 0.286 e. The number of nitrogens with zero attached hydrogens (tertiary/aromatic N) is 2. The average molecular weight is 412 g/mol. The lowest BCUT2D eigenvalue weighted by molar-refractivity contribution is -0.126. The molecular weight excluding hydrogens is 392 g/mol. The van der Waals surface area contributed by atoms with Crippen LogP contribution < -0.4 is 15.4 Å². The van der Waals surface area contributed by atoms with E-state index >= 15 is 0 Å². The molecule has 3 rings (SSSR count). The second-order valence-corrected chi connectivity index (χ2v) is 7.00. The van der Waals surface area contributed by atoms with Gasteiger partial charge in [-0.05, 0) is 29.8 Å². The molecule has 0 aliphatic carbocycles. The Kier molecular flexibility index (Phi) is 7.26. The number of para-hydroxylation sites is 1. The number of ether oxygens (including phenoxy) is 2. The first-order valence-corrected chi connectivity index (χ1v) is 9.62. The Hall–Kier alpha value is -3.30. The lowest BCUT2D eigenvalue weighted by Crippen LogP contribution is -2.27. The number of hydrogen-bond donors (Lipinski definition) is 2. The van der Waals surface area contributed by atoms with E-state index in [1.54, 1.807) is 19.2 Å². The van der Waals surface area contributed by atoms with Gasteiger partial charge in [-0.15, -0.1) is 10.2 Å². The number of anilines is 1. The van der Waals surface area contributed by atoms with Crippen LogP contribution in [0.4, 0.5) is 5.69 Å². The van der Waals surface area contributed by atoms with Crippen LogP contribution in [0.1, 0.15) is 20.4 Å². The van der Waals surface area contributed by atoms with E-state index in [2.05, 4.69) is 20.8 Å². The van der Waals surface area contributed by atoms with Crippen molar-refractivity contribution >= 4 is 28.8 Å². The molecule has 0 atom stereocenters. The highest BCUT2D eigenvalue weighted by Crippen LogP contribution is 2.14. The summed E-state index contributed by atoms with van der Waals surface area (Å²) in [7, 11) is 1.60. The van der Waals surface area contributed by atoms with Crippen molar-refractivity contribution in [2.75, 3.05) is 19.0 Å². The predicted octanol–water partition coefficient (Wildman–Crippen LogP) is 2.63. The number of aromatic nitrogens is 2. The molecule has 0 saturated heterocycles. The zero-order valence-electron chi connectivity index (χ0n) is 15.8. The van der Waals surface area contributed by atoms with Gasteiger partial charge < -0.3 is 20.1 Å². The number of benzene rings is 2. The molecule has 0 fully saturated rings. The van der Waals surface area contributed by atoms with Crippen LogP contribution in [0.5, 0.6) is 5.75 Å². The van der Waals surface area contributed by atoms with Gasteiger partial charge in [-0.3, -0.25) is 9.59 Å². The summed E-state index contributed by atoms with van der Waals surface area (Å²) < 4.78 is 10.5. The zero-order valence-corrected chi connectivity index (χ0v) is 16.6. The summed E-state index contributed by atoms with van der Waals surface area (Å²) in [6, 6.07) is 16.5. The van der Waals surface area contributed by atoms with E-state index in [0.717, 1.165) is 22.6 Å². The van der Waals surface area contributed by atoms with Gasteiger partial charge in [-0.1, -0.05) is 41.7 Å². The normalized spacial score (nSPS) is 10.4. The minimum atomic E-state index is -0.336. The van der Waals surface area contributed by atoms with E-state index in [1.807, 2.05) is 42.5 Å². The summed E-state index contributed by atoms with van der Waals surface area (Å²) in [5.41, 5.74) is 1.64. The minimum absolute atomic E-state index is 0.103. The Morgan fingerprint density at radius 3 is 2.52 bits per heavy atom. The number of rotatable bonds is 9. The minimum Gasteiger partial charge on any atom is -0.497 e. The fraction of sp³-hybridized carbons (Fsp3) is 0.200. The molecule has 1 heterocycles. The van der Waals surface area contributed by atoms with Gasteiger partial charge in [-0.2, -0.15) is 0 Å². The van der Waals surface area contributed by atoms with Crippen molar-refractivity contribution in [3.63, 3.8) is 0 Å². The Balaban J connectivity index is 1.39. The number of methoxy groups -OCH3 is 1. The van der Waals surface area contributed by atoms with Crippen LogP contribution in [0, 0.1) is 0 Å². The van der Waals surface area contributed by atoms with Crippen molar-refractivity contribution in [1.82, 2.24) is 15.5 Å². The molecule has 0 spiro atoms. The first kappa shape index (κ1) is 20.4. The summed E-state index contributed by atoms with van der Waals surface area (Å²) >= 11 is 1.12. The van der Waals surface area contributed by atoms with E-state index in [9.17, 15) is 9.59 Å². The van der Waals surface area contributed by atoms with Crippen LogP contribution in [0.15, 0.2) is 54.6 Å². The van der Waals surface area contributed by atoms with E-state index in [4.69, 9.17) is 9.47 Å². The molecule has 2 amide bonds. The van der Waals surface area contributed by atoms with Gasteiger partial charge in [0.25, 0.3) is 5.91 Å². The molecule has 9 heteroatoms. The van der Waals surface area contributed by atoms with Crippen molar-refractivity contribution in [3.8, 4) is 5.75 Å². The second kappa shape index (κ2) is 10.3. The maximum atomic E-state index is 12.2. The molecule has 2 N–H and O–H groups in total. The zero-order chi connectivity index (χ0) is 20.5. The van der Waals surface area contributed by atoms with Gasteiger partial charge in [0.2, 0.25) is 10.9 Å². The summed E-state index contributed by atoms with van der Waals surface area (Å²) in [6.45, 7) is 0.391. The Morgan fingerprint density at radius 1 is 1.03 bits per heavy atom. The first-order valence-electron chi connectivity index (χ1n) is 8.80. The predicted molar refractivity (Wildman–Crippen MR) is 109 cm³/mol. The summed E-state index contributed by atoms with van der Waals surface area (Å²) in [6.07, 6.45) is 0. The molecule has 0 aliphatic heterocycles. The molecule has 1 aromatic heterocycles. The van der Waals surface area contributed by atoms with E-state index in [0.29, 0.717) is 17.2 Å². The first-order chi connectivity index (χ1) is 14.1. The van der Waals surface area contributed by atoms with Gasteiger partial charge in [0, 0.05) is 12.2 Å². The van der Waals surface area contributed by atoms with Gasteiger partial charge in [0.05, 0.1) is 7.11 Å². The average Bonchev–Trinajstić information content (AvgIpc) is 3.22. The monoisotopic (exact) mass is 412 g/mol. The molecule has 8 nitrogen and oxygen atoms in total. The Labute approximate surface area is 171 Å². The Morgan fingerprint density at radius 2 is 1.79 bits per heavy atom. The smallest absolute Gasteiger partial charge is 0.286 e. The van der Waals surface area contributed by atoms with Crippen LogP contribution in [-0.2, 0) is 22.7 Å². The van der Waals surface area contributed by atoms with E-state index in [-0.39, 0.29) is 30.0 Å². The van der Waals surface area contributed by atoms with Crippen molar-refractivity contribution in [3.05, 3.63) is 70.2 Å². The Bertz CT molecular complexity index is 945. The highest BCUT2D eigenvalue weighted by molar-refractivity contribution is 7.13. The van der Waals surface area contributed by atoms with Crippen LogP contribution in [0.2, 0.25) is 0 Å². The van der Waals surface area contributed by atoms with Crippen molar-refractivity contribution < 1.29 is 19.1 Å². The lowest BCUT2D eigenvalue weighted by atomic mass is 10.2. The fourth-order valence-corrected chi connectivity index (χ4v) is 3.01. The van der Waals surface area contributed by atoms with Crippen LogP contribution >= 0.6 is 11.3 Å². The third-order valence-corrected chi connectivity index (χ3v) is 4.70. The summed E-state index contributed by atoms with van der Waals surface area (Å²) in [5.74, 6) is 0.182. The molecule has 29 heavy (non-hydrogen) atoms. The number of amides is 2. The lowest BCUT2D eigenvalue weighted by Gasteiger charge is -2.06. The molecule has 150 valence electrons. The number of nitrogens with one attached hydrogen (secondary N) is 2. The maximum absolute atomic E-state index is 12.2. The van der Waals surface area contributed by atoms with Crippen LogP contribution in [0.3, 0.4) is 0 Å². The molecule has 3 aromatic rings. The van der Waals surface area contributed by atoms with Crippen molar-refractivity contribution in [2.45, 2.75) is 13.2 Å². The highest BCUT2D eigenvalue weighted by Gasteiger charge is 2.13. The molecular formula is C20H20N4O4S.